The summed E-state index contributed by atoms with van der Waals surface area (Å²) in [6, 6.07) is 11.1. The Morgan fingerprint density at radius 2 is 1.88 bits per heavy atom. The lowest BCUT2D eigenvalue weighted by atomic mass is 10.0. The Balaban J connectivity index is 2.16. The molecular formula is C17H19N3O4. The number of esters is 1. The van der Waals surface area contributed by atoms with Crippen molar-refractivity contribution in [1.82, 2.24) is 15.5 Å². The number of ether oxygens (including phenoxy) is 1. The molecule has 2 aromatic rings. The first-order valence-electron chi connectivity index (χ1n) is 7.56. The molecular weight excluding hydrogens is 310 g/mol. The molecule has 0 saturated carbocycles. The summed E-state index contributed by atoms with van der Waals surface area (Å²) in [5.41, 5.74) is 0.440. The first-order valence-corrected chi connectivity index (χ1v) is 7.56. The molecule has 0 aliphatic heterocycles. The van der Waals surface area contributed by atoms with Crippen molar-refractivity contribution >= 4 is 11.9 Å². The van der Waals surface area contributed by atoms with Crippen molar-refractivity contribution in [2.24, 2.45) is 0 Å². The number of benzene rings is 1. The number of nitrogens with zero attached hydrogens (tertiary/aromatic N) is 1. The van der Waals surface area contributed by atoms with Crippen LogP contribution in [-0.4, -0.2) is 28.2 Å². The van der Waals surface area contributed by atoms with Gasteiger partial charge in [0.15, 0.2) is 0 Å². The second-order valence-electron chi connectivity index (χ2n) is 5.49. The highest BCUT2D eigenvalue weighted by Crippen LogP contribution is 2.18. The Morgan fingerprint density at radius 3 is 2.46 bits per heavy atom. The third-order valence-electron chi connectivity index (χ3n) is 3.16. The molecule has 0 bridgehead atoms. The van der Waals surface area contributed by atoms with E-state index in [1.54, 1.807) is 13.8 Å². The summed E-state index contributed by atoms with van der Waals surface area (Å²) in [6.07, 6.45) is -0.234. The van der Waals surface area contributed by atoms with Crippen LogP contribution in [0.2, 0.25) is 0 Å². The third kappa shape index (κ3) is 5.05. The normalized spacial score (nSPS) is 11.8. The van der Waals surface area contributed by atoms with E-state index in [1.165, 1.54) is 12.1 Å². The molecule has 0 fully saturated rings. The summed E-state index contributed by atoms with van der Waals surface area (Å²) in [5.74, 6) is -0.897. The maximum absolute atomic E-state index is 12.3. The van der Waals surface area contributed by atoms with E-state index in [0.29, 0.717) is 0 Å². The van der Waals surface area contributed by atoms with Crippen molar-refractivity contribution in [2.45, 2.75) is 32.4 Å². The van der Waals surface area contributed by atoms with Gasteiger partial charge in [-0.3, -0.25) is 14.4 Å². The Kier molecular flexibility index (Phi) is 5.83. The summed E-state index contributed by atoms with van der Waals surface area (Å²) >= 11 is 0. The van der Waals surface area contributed by atoms with Gasteiger partial charge in [-0.2, -0.15) is 5.10 Å². The minimum absolute atomic E-state index is 0.00269. The molecule has 126 valence electrons. The first-order chi connectivity index (χ1) is 11.5. The Bertz CT molecular complexity index is 735. The fraction of sp³-hybridized carbons (Fsp3) is 0.294. The zero-order valence-electron chi connectivity index (χ0n) is 13.5. The third-order valence-corrected chi connectivity index (χ3v) is 3.16. The number of nitrogens with one attached hydrogen (secondary N) is 2. The van der Waals surface area contributed by atoms with Crippen molar-refractivity contribution in [3.63, 3.8) is 0 Å². The van der Waals surface area contributed by atoms with Crippen LogP contribution in [0.1, 0.15) is 42.4 Å². The number of hydrogen-bond donors (Lipinski definition) is 2. The number of aromatic nitrogens is 2. The van der Waals surface area contributed by atoms with Gasteiger partial charge in [-0.25, -0.2) is 5.10 Å². The zero-order valence-corrected chi connectivity index (χ0v) is 13.5. The van der Waals surface area contributed by atoms with E-state index < -0.39 is 23.5 Å². The maximum atomic E-state index is 12.3. The quantitative estimate of drug-likeness (QED) is 0.784. The highest BCUT2D eigenvalue weighted by molar-refractivity contribution is 5.92. The standard InChI is InChI=1S/C17H19N3O4/c1-11(2)24-16(22)10-14(12-6-4-3-5-7-12)18-17(23)13-8-9-15(21)20-19-13/h3-9,11,14H,10H2,1-2H3,(H,18,23)(H,20,21)/t14-/m1/s1. The second-order valence-corrected chi connectivity index (χ2v) is 5.49. The molecule has 7 heteroatoms. The monoisotopic (exact) mass is 329 g/mol. The lowest BCUT2D eigenvalue weighted by Gasteiger charge is -2.19. The second kappa shape index (κ2) is 8.05. The summed E-state index contributed by atoms with van der Waals surface area (Å²) in [6.45, 7) is 3.52. The predicted octanol–water partition coefficient (Wildman–Crippen LogP) is 1.58. The van der Waals surface area contributed by atoms with Crippen molar-refractivity contribution in [3.05, 3.63) is 64.1 Å². The van der Waals surface area contributed by atoms with Gasteiger partial charge >= 0.3 is 5.97 Å². The Hall–Kier alpha value is -2.96. The molecule has 1 amide bonds. The molecule has 0 spiro atoms. The van der Waals surface area contributed by atoms with Gasteiger partial charge in [0.2, 0.25) is 0 Å². The topological polar surface area (TPSA) is 101 Å². The van der Waals surface area contributed by atoms with E-state index in [0.717, 1.165) is 5.56 Å². The largest absolute Gasteiger partial charge is 0.463 e. The number of amides is 1. The molecule has 1 aromatic carbocycles. The molecule has 1 aromatic heterocycles. The number of carbonyl (C=O) groups is 2. The lowest BCUT2D eigenvalue weighted by molar-refractivity contribution is -0.147. The molecule has 0 saturated heterocycles. The summed E-state index contributed by atoms with van der Waals surface area (Å²) in [5, 5.41) is 8.64. The van der Waals surface area contributed by atoms with Gasteiger partial charge in [0.1, 0.15) is 5.69 Å². The van der Waals surface area contributed by atoms with Gasteiger partial charge in [0, 0.05) is 6.07 Å². The maximum Gasteiger partial charge on any atom is 0.308 e. The number of rotatable bonds is 6. The molecule has 0 aliphatic carbocycles. The van der Waals surface area contributed by atoms with Crippen LogP contribution in [0, 0.1) is 0 Å². The van der Waals surface area contributed by atoms with Crippen LogP contribution in [-0.2, 0) is 9.53 Å². The summed E-state index contributed by atoms with van der Waals surface area (Å²) < 4.78 is 5.15. The highest BCUT2D eigenvalue weighted by atomic mass is 16.5. The smallest absolute Gasteiger partial charge is 0.308 e. The number of hydrogen-bond acceptors (Lipinski definition) is 5. The van der Waals surface area contributed by atoms with Crippen LogP contribution < -0.4 is 10.9 Å². The fourth-order valence-corrected chi connectivity index (χ4v) is 2.12. The molecule has 0 unspecified atom stereocenters. The van der Waals surface area contributed by atoms with Crippen LogP contribution >= 0.6 is 0 Å². The molecule has 2 N–H and O–H groups in total. The highest BCUT2D eigenvalue weighted by Gasteiger charge is 2.21. The SMILES string of the molecule is CC(C)OC(=O)C[C@@H](NC(=O)c1ccc(=O)[nH]n1)c1ccccc1. The van der Waals surface area contributed by atoms with E-state index in [-0.39, 0.29) is 18.2 Å². The van der Waals surface area contributed by atoms with Gasteiger partial charge < -0.3 is 10.1 Å². The average molecular weight is 329 g/mol. The number of aromatic amines is 1. The van der Waals surface area contributed by atoms with Gasteiger partial charge in [0.05, 0.1) is 18.6 Å². The van der Waals surface area contributed by atoms with E-state index in [1.807, 2.05) is 30.3 Å². The van der Waals surface area contributed by atoms with E-state index in [2.05, 4.69) is 15.5 Å². The van der Waals surface area contributed by atoms with Gasteiger partial charge in [0.25, 0.3) is 11.5 Å². The average Bonchev–Trinajstić information content (AvgIpc) is 2.55. The van der Waals surface area contributed by atoms with E-state index in [9.17, 15) is 14.4 Å². The van der Waals surface area contributed by atoms with Crippen molar-refractivity contribution in [1.29, 1.82) is 0 Å². The van der Waals surface area contributed by atoms with Gasteiger partial charge in [-0.05, 0) is 25.5 Å². The molecule has 0 aliphatic rings. The van der Waals surface area contributed by atoms with Crippen LogP contribution in [0.3, 0.4) is 0 Å². The van der Waals surface area contributed by atoms with Crippen LogP contribution in [0.15, 0.2) is 47.3 Å². The fourth-order valence-electron chi connectivity index (χ4n) is 2.12. The van der Waals surface area contributed by atoms with Gasteiger partial charge in [-0.15, -0.1) is 0 Å². The summed E-state index contributed by atoms with van der Waals surface area (Å²) in [4.78, 5) is 35.3. The van der Waals surface area contributed by atoms with Crippen LogP contribution in [0.5, 0.6) is 0 Å². The molecule has 0 radical (unpaired) electrons. The summed E-state index contributed by atoms with van der Waals surface area (Å²) in [7, 11) is 0. The van der Waals surface area contributed by atoms with Crippen molar-refractivity contribution < 1.29 is 14.3 Å². The van der Waals surface area contributed by atoms with Gasteiger partial charge in [-0.1, -0.05) is 30.3 Å². The lowest BCUT2D eigenvalue weighted by Crippen LogP contribution is -2.32. The van der Waals surface area contributed by atoms with Crippen molar-refractivity contribution in [3.8, 4) is 0 Å². The minimum atomic E-state index is -0.557. The molecule has 7 nitrogen and oxygen atoms in total. The van der Waals surface area contributed by atoms with E-state index in [4.69, 9.17) is 4.74 Å². The molecule has 1 atom stereocenters. The van der Waals surface area contributed by atoms with Crippen LogP contribution in [0.25, 0.3) is 0 Å². The van der Waals surface area contributed by atoms with Crippen molar-refractivity contribution in [2.75, 3.05) is 0 Å². The zero-order chi connectivity index (χ0) is 17.5. The minimum Gasteiger partial charge on any atom is -0.463 e. The number of carbonyl (C=O) groups excluding carboxylic acids is 2. The number of H-pyrrole nitrogens is 1. The first kappa shape index (κ1) is 17.4. The molecule has 1 heterocycles. The predicted molar refractivity (Wildman–Crippen MR) is 87.4 cm³/mol. The Morgan fingerprint density at radius 1 is 1.17 bits per heavy atom. The van der Waals surface area contributed by atoms with E-state index >= 15 is 0 Å². The molecule has 24 heavy (non-hydrogen) atoms. The van der Waals surface area contributed by atoms with Crippen LogP contribution in [0.4, 0.5) is 0 Å². The molecule has 2 rings (SSSR count). The Labute approximate surface area is 139 Å².